The number of piperazine rings is 1. The first-order valence-electron chi connectivity index (χ1n) is 7.30. The van der Waals surface area contributed by atoms with Crippen molar-refractivity contribution in [2.75, 3.05) is 31.5 Å². The lowest BCUT2D eigenvalue weighted by Gasteiger charge is -2.27. The Morgan fingerprint density at radius 1 is 1.17 bits per heavy atom. The maximum atomic E-state index is 12.5. The lowest BCUT2D eigenvalue weighted by molar-refractivity contribution is 0.0735. The van der Waals surface area contributed by atoms with Crippen LogP contribution in [0.25, 0.3) is 0 Å². The molecule has 0 atom stereocenters. The number of carbonyl (C=O) groups is 2. The average molecular weight is 378 g/mol. The van der Waals surface area contributed by atoms with Crippen molar-refractivity contribution in [1.82, 2.24) is 10.2 Å². The molecular weight excluding hydrogens is 362 g/mol. The Morgan fingerprint density at radius 2 is 1.96 bits per heavy atom. The Hall–Kier alpha value is -2.12. The summed E-state index contributed by atoms with van der Waals surface area (Å²) in [7, 11) is 0. The van der Waals surface area contributed by atoms with E-state index in [2.05, 4.69) is 26.6 Å². The molecule has 0 saturated carbocycles. The predicted octanol–water partition coefficient (Wildman–Crippen LogP) is 2.34. The molecule has 0 bridgehead atoms. The van der Waals surface area contributed by atoms with Crippen LogP contribution < -0.4 is 10.6 Å². The first-order chi connectivity index (χ1) is 11.1. The minimum atomic E-state index is -0.359. The van der Waals surface area contributed by atoms with Crippen molar-refractivity contribution in [3.63, 3.8) is 0 Å². The van der Waals surface area contributed by atoms with Crippen LogP contribution >= 0.6 is 15.9 Å². The molecule has 6 nitrogen and oxygen atoms in total. The molecule has 2 aromatic rings. The van der Waals surface area contributed by atoms with E-state index < -0.39 is 0 Å². The molecule has 23 heavy (non-hydrogen) atoms. The summed E-state index contributed by atoms with van der Waals surface area (Å²) in [5.74, 6) is -0.179. The number of nitrogens with zero attached hydrogens (tertiary/aromatic N) is 1. The lowest BCUT2D eigenvalue weighted by atomic mass is 10.1. The third-order valence-electron chi connectivity index (χ3n) is 3.57. The molecule has 7 heteroatoms. The van der Waals surface area contributed by atoms with E-state index >= 15 is 0 Å². The van der Waals surface area contributed by atoms with Gasteiger partial charge in [-0.05, 0) is 46.3 Å². The van der Waals surface area contributed by atoms with Gasteiger partial charge in [-0.3, -0.25) is 9.59 Å². The summed E-state index contributed by atoms with van der Waals surface area (Å²) in [4.78, 5) is 26.4. The number of carbonyl (C=O) groups excluding carboxylic acids is 2. The van der Waals surface area contributed by atoms with Gasteiger partial charge >= 0.3 is 0 Å². The van der Waals surface area contributed by atoms with Gasteiger partial charge in [0.25, 0.3) is 11.8 Å². The highest BCUT2D eigenvalue weighted by Crippen LogP contribution is 2.17. The lowest BCUT2D eigenvalue weighted by Crippen LogP contribution is -2.46. The normalized spacial score (nSPS) is 14.6. The van der Waals surface area contributed by atoms with Gasteiger partial charge in [0.15, 0.2) is 10.4 Å². The van der Waals surface area contributed by atoms with E-state index in [0.717, 1.165) is 13.1 Å². The third kappa shape index (κ3) is 3.80. The van der Waals surface area contributed by atoms with Gasteiger partial charge in [-0.2, -0.15) is 0 Å². The van der Waals surface area contributed by atoms with Crippen LogP contribution in [0.3, 0.4) is 0 Å². The summed E-state index contributed by atoms with van der Waals surface area (Å²) >= 11 is 3.16. The fourth-order valence-corrected chi connectivity index (χ4v) is 2.72. The van der Waals surface area contributed by atoms with Crippen LogP contribution in [0.15, 0.2) is 45.5 Å². The summed E-state index contributed by atoms with van der Waals surface area (Å²) in [5.41, 5.74) is 1.12. The maximum absolute atomic E-state index is 12.5. The molecule has 1 aromatic heterocycles. The zero-order valence-corrected chi connectivity index (χ0v) is 13.9. The zero-order chi connectivity index (χ0) is 16.2. The fraction of sp³-hybridized carbons (Fsp3) is 0.250. The van der Waals surface area contributed by atoms with Crippen molar-refractivity contribution in [3.8, 4) is 0 Å². The Kier molecular flexibility index (Phi) is 4.78. The van der Waals surface area contributed by atoms with E-state index in [1.54, 1.807) is 41.3 Å². The van der Waals surface area contributed by atoms with E-state index in [0.29, 0.717) is 29.0 Å². The van der Waals surface area contributed by atoms with Gasteiger partial charge < -0.3 is 20.0 Å². The quantitative estimate of drug-likeness (QED) is 0.860. The number of nitrogens with one attached hydrogen (secondary N) is 2. The van der Waals surface area contributed by atoms with Crippen molar-refractivity contribution in [2.24, 2.45) is 0 Å². The Morgan fingerprint density at radius 3 is 2.65 bits per heavy atom. The molecule has 3 rings (SSSR count). The summed E-state index contributed by atoms with van der Waals surface area (Å²) in [5, 5.41) is 5.95. The summed E-state index contributed by atoms with van der Waals surface area (Å²) in [6.07, 6.45) is 0. The van der Waals surface area contributed by atoms with E-state index in [-0.39, 0.29) is 17.6 Å². The molecular formula is C16H16BrN3O3. The van der Waals surface area contributed by atoms with Gasteiger partial charge in [0.05, 0.1) is 0 Å². The van der Waals surface area contributed by atoms with Crippen LogP contribution in [0.1, 0.15) is 20.9 Å². The van der Waals surface area contributed by atoms with Gasteiger partial charge in [-0.1, -0.05) is 6.07 Å². The Balaban J connectivity index is 1.71. The van der Waals surface area contributed by atoms with Crippen molar-refractivity contribution >= 4 is 33.4 Å². The smallest absolute Gasteiger partial charge is 0.291 e. The number of rotatable bonds is 3. The van der Waals surface area contributed by atoms with Gasteiger partial charge in [0.2, 0.25) is 0 Å². The van der Waals surface area contributed by atoms with Gasteiger partial charge in [-0.15, -0.1) is 0 Å². The monoisotopic (exact) mass is 377 g/mol. The molecule has 1 aromatic carbocycles. The molecule has 0 unspecified atom stereocenters. The fourth-order valence-electron chi connectivity index (χ4n) is 2.41. The van der Waals surface area contributed by atoms with Gasteiger partial charge in [-0.25, -0.2) is 0 Å². The van der Waals surface area contributed by atoms with Crippen molar-refractivity contribution in [3.05, 3.63) is 52.4 Å². The first-order valence-corrected chi connectivity index (χ1v) is 8.09. The van der Waals surface area contributed by atoms with E-state index in [1.807, 2.05) is 0 Å². The zero-order valence-electron chi connectivity index (χ0n) is 12.3. The Bertz CT molecular complexity index is 723. The number of hydrogen-bond acceptors (Lipinski definition) is 4. The summed E-state index contributed by atoms with van der Waals surface area (Å²) in [6.45, 7) is 2.98. The van der Waals surface area contributed by atoms with Crippen LogP contribution in [-0.4, -0.2) is 42.9 Å². The number of halogens is 1. The van der Waals surface area contributed by atoms with E-state index in [9.17, 15) is 9.59 Å². The molecule has 2 N–H and O–H groups in total. The molecule has 1 saturated heterocycles. The summed E-state index contributed by atoms with van der Waals surface area (Å²) < 4.78 is 5.70. The first kappa shape index (κ1) is 15.8. The Labute approximate surface area is 142 Å². The maximum Gasteiger partial charge on any atom is 0.291 e. The number of hydrogen-bond donors (Lipinski definition) is 2. The van der Waals surface area contributed by atoms with E-state index in [1.165, 1.54) is 0 Å². The van der Waals surface area contributed by atoms with Crippen LogP contribution in [0, 0.1) is 0 Å². The number of furan rings is 1. The van der Waals surface area contributed by atoms with Crippen LogP contribution in [0.4, 0.5) is 5.69 Å². The van der Waals surface area contributed by atoms with Gasteiger partial charge in [0, 0.05) is 37.4 Å². The molecule has 1 aliphatic rings. The molecule has 0 spiro atoms. The highest BCUT2D eigenvalue weighted by atomic mass is 79.9. The molecule has 1 aliphatic heterocycles. The second-order valence-electron chi connectivity index (χ2n) is 5.18. The highest BCUT2D eigenvalue weighted by molar-refractivity contribution is 9.10. The minimum absolute atomic E-state index is 0.0247. The molecule has 2 heterocycles. The topological polar surface area (TPSA) is 74.6 Å². The van der Waals surface area contributed by atoms with Crippen LogP contribution in [0.5, 0.6) is 0 Å². The molecule has 1 fully saturated rings. The van der Waals surface area contributed by atoms with Crippen LogP contribution in [0.2, 0.25) is 0 Å². The van der Waals surface area contributed by atoms with Gasteiger partial charge in [0.1, 0.15) is 0 Å². The highest BCUT2D eigenvalue weighted by Gasteiger charge is 2.18. The largest absolute Gasteiger partial charge is 0.444 e. The minimum Gasteiger partial charge on any atom is -0.444 e. The number of amides is 2. The van der Waals surface area contributed by atoms with E-state index in [4.69, 9.17) is 4.42 Å². The number of anilines is 1. The van der Waals surface area contributed by atoms with Crippen LogP contribution in [-0.2, 0) is 0 Å². The second kappa shape index (κ2) is 6.97. The molecule has 0 aliphatic carbocycles. The van der Waals surface area contributed by atoms with Crippen molar-refractivity contribution in [1.29, 1.82) is 0 Å². The average Bonchev–Trinajstić information content (AvgIpc) is 3.02. The summed E-state index contributed by atoms with van der Waals surface area (Å²) in [6, 6.07) is 10.2. The standard InChI is InChI=1S/C16H16BrN3O3/c17-14-5-4-13(23-14)15(21)19-12-3-1-2-11(10-12)16(22)20-8-6-18-7-9-20/h1-5,10,18H,6-9H2,(H,19,21). The van der Waals surface area contributed by atoms with Crippen molar-refractivity contribution in [2.45, 2.75) is 0 Å². The molecule has 2 amide bonds. The molecule has 120 valence electrons. The van der Waals surface area contributed by atoms with Crippen molar-refractivity contribution < 1.29 is 14.0 Å². The second-order valence-corrected chi connectivity index (χ2v) is 5.96. The SMILES string of the molecule is O=C(Nc1cccc(C(=O)N2CCNCC2)c1)c1ccc(Br)o1. The number of benzene rings is 1. The predicted molar refractivity (Wildman–Crippen MR) is 89.6 cm³/mol. The molecule has 0 radical (unpaired) electrons. The third-order valence-corrected chi connectivity index (χ3v) is 3.99.